The predicted octanol–water partition coefficient (Wildman–Crippen LogP) is 2.59. The molecule has 1 aromatic carbocycles. The first-order valence-corrected chi connectivity index (χ1v) is 7.83. The molecule has 2 rings (SSSR count). The standard InChI is InChI=1S/C16H19BrN2O2/c1-12(20)19-9-7-15(8-10-19)18-16(21)6-5-13-3-2-4-14(17)11-13/h2-6,11,15H,7-10H2,1H3,(H,18,21)/b6-5+. The van der Waals surface area contributed by atoms with E-state index in [1.54, 1.807) is 19.1 Å². The highest BCUT2D eigenvalue weighted by Crippen LogP contribution is 2.13. The highest BCUT2D eigenvalue weighted by molar-refractivity contribution is 9.10. The molecule has 1 aliphatic heterocycles. The summed E-state index contributed by atoms with van der Waals surface area (Å²) < 4.78 is 0.988. The van der Waals surface area contributed by atoms with Gasteiger partial charge in [0.2, 0.25) is 11.8 Å². The van der Waals surface area contributed by atoms with Crippen molar-refractivity contribution >= 4 is 33.8 Å². The Kier molecular flexibility index (Phi) is 5.56. The van der Waals surface area contributed by atoms with Crippen LogP contribution in [0.15, 0.2) is 34.8 Å². The number of nitrogens with zero attached hydrogens (tertiary/aromatic N) is 1. The minimum absolute atomic E-state index is 0.0868. The van der Waals surface area contributed by atoms with Crippen molar-refractivity contribution in [2.45, 2.75) is 25.8 Å². The van der Waals surface area contributed by atoms with Gasteiger partial charge in [0.05, 0.1) is 0 Å². The summed E-state index contributed by atoms with van der Waals surface area (Å²) >= 11 is 3.40. The van der Waals surface area contributed by atoms with Gasteiger partial charge in [0.1, 0.15) is 0 Å². The van der Waals surface area contributed by atoms with E-state index < -0.39 is 0 Å². The van der Waals surface area contributed by atoms with Gasteiger partial charge in [0, 0.05) is 36.6 Å². The number of rotatable bonds is 3. The molecule has 0 aromatic heterocycles. The van der Waals surface area contributed by atoms with Gasteiger partial charge in [-0.25, -0.2) is 0 Å². The van der Waals surface area contributed by atoms with Crippen LogP contribution in [0.5, 0.6) is 0 Å². The molecule has 1 aliphatic rings. The fourth-order valence-electron chi connectivity index (χ4n) is 2.37. The molecule has 1 heterocycles. The lowest BCUT2D eigenvalue weighted by atomic mass is 10.0. The molecule has 0 spiro atoms. The topological polar surface area (TPSA) is 49.4 Å². The SMILES string of the molecule is CC(=O)N1CCC(NC(=O)/C=C/c2cccc(Br)c2)CC1. The second-order valence-electron chi connectivity index (χ2n) is 5.18. The van der Waals surface area contributed by atoms with E-state index in [1.807, 2.05) is 29.2 Å². The predicted molar refractivity (Wildman–Crippen MR) is 86.6 cm³/mol. The number of hydrogen-bond acceptors (Lipinski definition) is 2. The summed E-state index contributed by atoms with van der Waals surface area (Å²) in [6.45, 7) is 3.02. The van der Waals surface area contributed by atoms with Crippen LogP contribution in [0.2, 0.25) is 0 Å². The quantitative estimate of drug-likeness (QED) is 0.851. The van der Waals surface area contributed by atoms with Crippen LogP contribution < -0.4 is 5.32 Å². The molecule has 1 saturated heterocycles. The smallest absolute Gasteiger partial charge is 0.244 e. The van der Waals surface area contributed by atoms with Gasteiger partial charge in [-0.3, -0.25) is 9.59 Å². The molecule has 0 radical (unpaired) electrons. The summed E-state index contributed by atoms with van der Waals surface area (Å²) in [7, 11) is 0. The first-order valence-electron chi connectivity index (χ1n) is 7.04. The van der Waals surface area contributed by atoms with E-state index in [9.17, 15) is 9.59 Å². The van der Waals surface area contributed by atoms with Crippen molar-refractivity contribution in [2.75, 3.05) is 13.1 Å². The molecule has 5 heteroatoms. The van der Waals surface area contributed by atoms with Crippen LogP contribution in [0.25, 0.3) is 6.08 Å². The van der Waals surface area contributed by atoms with E-state index in [-0.39, 0.29) is 17.9 Å². The Morgan fingerprint density at radius 1 is 1.33 bits per heavy atom. The van der Waals surface area contributed by atoms with Crippen LogP contribution >= 0.6 is 15.9 Å². The Hall–Kier alpha value is -1.62. The molecule has 1 aromatic rings. The second kappa shape index (κ2) is 7.41. The third-order valence-electron chi connectivity index (χ3n) is 3.56. The minimum atomic E-state index is -0.0868. The molecule has 4 nitrogen and oxygen atoms in total. The van der Waals surface area contributed by atoms with Crippen molar-refractivity contribution in [3.05, 3.63) is 40.4 Å². The minimum Gasteiger partial charge on any atom is -0.350 e. The van der Waals surface area contributed by atoms with Gasteiger partial charge < -0.3 is 10.2 Å². The number of hydrogen-bond donors (Lipinski definition) is 1. The lowest BCUT2D eigenvalue weighted by Gasteiger charge is -2.31. The maximum Gasteiger partial charge on any atom is 0.244 e. The van der Waals surface area contributed by atoms with Crippen molar-refractivity contribution in [3.8, 4) is 0 Å². The summed E-state index contributed by atoms with van der Waals surface area (Å²) in [6, 6.07) is 7.93. The van der Waals surface area contributed by atoms with Gasteiger partial charge in [-0.15, -0.1) is 0 Å². The lowest BCUT2D eigenvalue weighted by Crippen LogP contribution is -2.45. The number of benzene rings is 1. The van der Waals surface area contributed by atoms with E-state index >= 15 is 0 Å². The van der Waals surface area contributed by atoms with Crippen molar-refractivity contribution in [1.29, 1.82) is 0 Å². The molecule has 0 bridgehead atoms. The third-order valence-corrected chi connectivity index (χ3v) is 4.06. The zero-order valence-corrected chi connectivity index (χ0v) is 13.6. The Morgan fingerprint density at radius 2 is 2.05 bits per heavy atom. The zero-order chi connectivity index (χ0) is 15.2. The second-order valence-corrected chi connectivity index (χ2v) is 6.09. The van der Waals surface area contributed by atoms with Crippen molar-refractivity contribution in [1.82, 2.24) is 10.2 Å². The normalized spacial score (nSPS) is 16.2. The summed E-state index contributed by atoms with van der Waals surface area (Å²) in [5, 5.41) is 2.99. The molecule has 21 heavy (non-hydrogen) atoms. The Balaban J connectivity index is 1.81. The molecule has 0 saturated carbocycles. The van der Waals surface area contributed by atoms with Crippen LogP contribution in [-0.2, 0) is 9.59 Å². The molecule has 0 unspecified atom stereocenters. The van der Waals surface area contributed by atoms with Crippen LogP contribution in [0, 0.1) is 0 Å². The maximum atomic E-state index is 11.9. The van der Waals surface area contributed by atoms with Gasteiger partial charge in [-0.1, -0.05) is 28.1 Å². The van der Waals surface area contributed by atoms with E-state index in [4.69, 9.17) is 0 Å². The maximum absolute atomic E-state index is 11.9. The zero-order valence-electron chi connectivity index (χ0n) is 12.0. The fourth-order valence-corrected chi connectivity index (χ4v) is 2.79. The van der Waals surface area contributed by atoms with Gasteiger partial charge in [0.15, 0.2) is 0 Å². The number of amides is 2. The summed E-state index contributed by atoms with van der Waals surface area (Å²) in [5.41, 5.74) is 0.978. The van der Waals surface area contributed by atoms with Gasteiger partial charge >= 0.3 is 0 Å². The van der Waals surface area contributed by atoms with E-state index in [1.165, 1.54) is 0 Å². The monoisotopic (exact) mass is 350 g/mol. The Labute approximate surface area is 133 Å². The molecule has 0 aliphatic carbocycles. The van der Waals surface area contributed by atoms with Gasteiger partial charge in [0.25, 0.3) is 0 Å². The van der Waals surface area contributed by atoms with E-state index in [0.717, 1.165) is 36.0 Å². The van der Waals surface area contributed by atoms with Crippen molar-refractivity contribution in [3.63, 3.8) is 0 Å². The first kappa shape index (κ1) is 15.8. The molecule has 0 atom stereocenters. The van der Waals surface area contributed by atoms with Crippen LogP contribution in [0.4, 0.5) is 0 Å². The lowest BCUT2D eigenvalue weighted by molar-refractivity contribution is -0.129. The molecule has 2 amide bonds. The van der Waals surface area contributed by atoms with Crippen LogP contribution in [-0.4, -0.2) is 35.8 Å². The van der Waals surface area contributed by atoms with Crippen LogP contribution in [0.3, 0.4) is 0 Å². The summed E-state index contributed by atoms with van der Waals surface area (Å²) in [4.78, 5) is 25.0. The van der Waals surface area contributed by atoms with E-state index in [2.05, 4.69) is 21.2 Å². The van der Waals surface area contributed by atoms with Gasteiger partial charge in [-0.2, -0.15) is 0 Å². The molecular weight excluding hydrogens is 332 g/mol. The Bertz CT molecular complexity index is 549. The molecular formula is C16H19BrN2O2. The number of carbonyl (C=O) groups excluding carboxylic acids is 2. The van der Waals surface area contributed by atoms with Crippen molar-refractivity contribution < 1.29 is 9.59 Å². The third kappa shape index (κ3) is 5.01. The first-order chi connectivity index (χ1) is 10.0. The molecule has 1 N–H and O–H groups in total. The number of piperidine rings is 1. The molecule has 1 fully saturated rings. The number of carbonyl (C=O) groups is 2. The number of halogens is 1. The largest absolute Gasteiger partial charge is 0.350 e. The van der Waals surface area contributed by atoms with E-state index in [0.29, 0.717) is 0 Å². The Morgan fingerprint density at radius 3 is 2.67 bits per heavy atom. The number of nitrogens with one attached hydrogen (secondary N) is 1. The van der Waals surface area contributed by atoms with Crippen LogP contribution in [0.1, 0.15) is 25.3 Å². The highest BCUT2D eigenvalue weighted by atomic mass is 79.9. The average Bonchev–Trinajstić information content (AvgIpc) is 2.46. The highest BCUT2D eigenvalue weighted by Gasteiger charge is 2.21. The van der Waals surface area contributed by atoms with Gasteiger partial charge in [-0.05, 0) is 36.6 Å². The van der Waals surface area contributed by atoms with Crippen molar-refractivity contribution in [2.24, 2.45) is 0 Å². The summed E-state index contributed by atoms with van der Waals surface area (Å²) in [5.74, 6) is 0.0191. The fraction of sp³-hybridized carbons (Fsp3) is 0.375. The average molecular weight is 351 g/mol. The molecule has 112 valence electrons. The number of likely N-dealkylation sites (tertiary alicyclic amines) is 1. The summed E-state index contributed by atoms with van der Waals surface area (Å²) in [6.07, 6.45) is 4.98.